The maximum absolute atomic E-state index is 12.6. The highest BCUT2D eigenvalue weighted by Gasteiger charge is 2.18. The number of imidazole rings is 1. The Morgan fingerprint density at radius 3 is 2.60 bits per heavy atom. The monoisotopic (exact) mass is 570 g/mol. The van der Waals surface area contributed by atoms with Crippen molar-refractivity contribution in [2.24, 2.45) is 0 Å². The van der Waals surface area contributed by atoms with Crippen molar-refractivity contribution in [1.82, 2.24) is 35.1 Å². The Bertz CT molecular complexity index is 2110. The maximum atomic E-state index is 12.6. The number of nitrogens with zero attached hydrogens (tertiary/aromatic N) is 5. The Morgan fingerprint density at radius 1 is 0.929 bits per heavy atom. The number of carbonyl (C=O) groups excluding carboxylic acids is 2. The molecule has 0 saturated heterocycles. The first-order chi connectivity index (χ1) is 20.5. The van der Waals surface area contributed by atoms with Crippen molar-refractivity contribution >= 4 is 50.8 Å². The largest absolute Gasteiger partial charge is 0.335 e. The number of fused-ring (bicyclic) bond motifs is 2. The Balaban J connectivity index is 1.21. The first-order valence-corrected chi connectivity index (χ1v) is 13.9. The van der Waals surface area contributed by atoms with Crippen molar-refractivity contribution in [2.45, 2.75) is 13.3 Å². The number of hydrogen-bond donors (Lipinski definition) is 3. The van der Waals surface area contributed by atoms with Crippen LogP contribution in [0.2, 0.25) is 0 Å². The zero-order valence-corrected chi connectivity index (χ0v) is 23.1. The lowest BCUT2D eigenvalue weighted by atomic mass is 10.1. The molecular formula is C31H22N8O2S. The second-order valence-corrected chi connectivity index (χ2v) is 10.8. The van der Waals surface area contributed by atoms with E-state index >= 15 is 0 Å². The molecule has 0 aliphatic rings. The molecule has 7 rings (SSSR count). The fourth-order valence-electron chi connectivity index (χ4n) is 4.79. The Morgan fingerprint density at radius 2 is 1.76 bits per heavy atom. The summed E-state index contributed by atoms with van der Waals surface area (Å²) in [5, 5.41) is 11.2. The van der Waals surface area contributed by atoms with Gasteiger partial charge in [-0.15, -0.1) is 11.3 Å². The van der Waals surface area contributed by atoms with Crippen molar-refractivity contribution in [3.63, 3.8) is 0 Å². The number of rotatable bonds is 7. The molecule has 0 fully saturated rings. The lowest BCUT2D eigenvalue weighted by Gasteiger charge is -2.07. The van der Waals surface area contributed by atoms with Crippen LogP contribution in [-0.2, 0) is 11.2 Å². The molecule has 0 atom stereocenters. The molecule has 6 heterocycles. The van der Waals surface area contributed by atoms with Gasteiger partial charge in [-0.2, -0.15) is 5.10 Å². The molecule has 204 valence electrons. The van der Waals surface area contributed by atoms with Gasteiger partial charge in [0.1, 0.15) is 11.2 Å². The summed E-state index contributed by atoms with van der Waals surface area (Å²) in [5.74, 6) is 0.466. The minimum atomic E-state index is -0.121. The summed E-state index contributed by atoms with van der Waals surface area (Å²) in [5.41, 5.74) is 6.68. The smallest absolute Gasteiger partial charge is 0.228 e. The predicted molar refractivity (Wildman–Crippen MR) is 162 cm³/mol. The van der Waals surface area contributed by atoms with Crippen molar-refractivity contribution in [2.75, 3.05) is 5.32 Å². The molecule has 0 aliphatic carbocycles. The first-order valence-electron chi connectivity index (χ1n) is 13.1. The molecule has 1 amide bonds. The van der Waals surface area contributed by atoms with E-state index in [0.29, 0.717) is 27.7 Å². The molecule has 0 unspecified atom stereocenters. The average molecular weight is 571 g/mol. The standard InChI is InChI=1S/C31H22N8O2S/c1-17(40)25-7-8-26(42-25)23-15-33-16-24-28(23)37-31(36-24)29-22-11-20(13-34-30(22)39-38-29)19-10-21(14-32-12-19)35-27(41)9-18-5-3-2-4-6-18/h2-8,10-16H,9H2,1H3,(H,35,41)(H,36,37)(H,34,38,39). The zero-order chi connectivity index (χ0) is 28.6. The molecule has 1 aromatic carbocycles. The Kier molecular flexibility index (Phi) is 6.32. The molecular weight excluding hydrogens is 548 g/mol. The van der Waals surface area contributed by atoms with Crippen LogP contribution in [0.4, 0.5) is 5.69 Å². The second-order valence-electron chi connectivity index (χ2n) is 9.75. The topological polar surface area (TPSA) is 142 Å². The van der Waals surface area contributed by atoms with Crippen LogP contribution in [0.3, 0.4) is 0 Å². The van der Waals surface area contributed by atoms with E-state index in [9.17, 15) is 9.59 Å². The van der Waals surface area contributed by atoms with E-state index < -0.39 is 0 Å². The molecule has 0 aliphatic heterocycles. The number of aromatic amines is 2. The summed E-state index contributed by atoms with van der Waals surface area (Å²) < 4.78 is 0. The van der Waals surface area contributed by atoms with Gasteiger partial charge in [0.2, 0.25) is 5.91 Å². The zero-order valence-electron chi connectivity index (χ0n) is 22.3. The van der Waals surface area contributed by atoms with Gasteiger partial charge < -0.3 is 10.3 Å². The van der Waals surface area contributed by atoms with Crippen LogP contribution in [0.1, 0.15) is 22.2 Å². The molecule has 10 nitrogen and oxygen atoms in total. The highest BCUT2D eigenvalue weighted by molar-refractivity contribution is 7.17. The SMILES string of the molecule is CC(=O)c1ccc(-c2cncc3[nH]c(-c4n[nH]c5ncc(-c6cncc(NC(=O)Cc7ccccc7)c6)cc45)nc23)s1. The minimum absolute atomic E-state index is 0.0238. The normalized spacial score (nSPS) is 11.3. The quantitative estimate of drug-likeness (QED) is 0.197. The number of hydrogen-bond acceptors (Lipinski definition) is 8. The summed E-state index contributed by atoms with van der Waals surface area (Å²) >= 11 is 1.42. The van der Waals surface area contributed by atoms with Gasteiger partial charge >= 0.3 is 0 Å². The molecule has 42 heavy (non-hydrogen) atoms. The van der Waals surface area contributed by atoms with Crippen molar-refractivity contribution in [3.05, 3.63) is 96.0 Å². The van der Waals surface area contributed by atoms with Gasteiger partial charge in [0.15, 0.2) is 17.3 Å². The highest BCUT2D eigenvalue weighted by Crippen LogP contribution is 2.35. The number of ketones is 1. The first kappa shape index (κ1) is 25.4. The van der Waals surface area contributed by atoms with Gasteiger partial charge in [-0.05, 0) is 36.8 Å². The number of H-pyrrole nitrogens is 2. The van der Waals surface area contributed by atoms with Crippen LogP contribution < -0.4 is 5.32 Å². The number of pyridine rings is 3. The summed E-state index contributed by atoms with van der Waals surface area (Å²) in [6, 6.07) is 17.2. The number of Topliss-reactive ketones (excluding diaryl/α,β-unsaturated/α-hetero) is 1. The van der Waals surface area contributed by atoms with Crippen LogP contribution in [0, 0.1) is 0 Å². The summed E-state index contributed by atoms with van der Waals surface area (Å²) in [4.78, 5) is 47.5. The van der Waals surface area contributed by atoms with Gasteiger partial charge in [-0.25, -0.2) is 9.97 Å². The number of nitrogens with one attached hydrogen (secondary N) is 3. The van der Waals surface area contributed by atoms with Crippen molar-refractivity contribution in [3.8, 4) is 33.1 Å². The number of aromatic nitrogens is 7. The Labute approximate surface area is 242 Å². The summed E-state index contributed by atoms with van der Waals surface area (Å²) in [6.07, 6.45) is 8.83. The third-order valence-corrected chi connectivity index (χ3v) is 8.04. The molecule has 6 aromatic heterocycles. The summed E-state index contributed by atoms with van der Waals surface area (Å²) in [7, 11) is 0. The fraction of sp³-hybridized carbons (Fsp3) is 0.0645. The van der Waals surface area contributed by atoms with Crippen LogP contribution in [-0.4, -0.2) is 46.8 Å². The van der Waals surface area contributed by atoms with E-state index in [0.717, 1.165) is 43.6 Å². The van der Waals surface area contributed by atoms with Gasteiger partial charge in [0, 0.05) is 40.2 Å². The van der Waals surface area contributed by atoms with Gasteiger partial charge in [0.05, 0.1) is 40.3 Å². The van der Waals surface area contributed by atoms with E-state index in [1.54, 1.807) is 37.9 Å². The molecule has 11 heteroatoms. The van der Waals surface area contributed by atoms with E-state index in [1.807, 2.05) is 54.6 Å². The number of thiophene rings is 1. The van der Waals surface area contributed by atoms with E-state index in [4.69, 9.17) is 4.98 Å². The van der Waals surface area contributed by atoms with Gasteiger partial charge in [0.25, 0.3) is 0 Å². The van der Waals surface area contributed by atoms with E-state index in [2.05, 4.69) is 35.5 Å². The van der Waals surface area contributed by atoms with Crippen LogP contribution in [0.25, 0.3) is 55.2 Å². The van der Waals surface area contributed by atoms with Crippen LogP contribution >= 0.6 is 11.3 Å². The number of benzene rings is 1. The third-order valence-electron chi connectivity index (χ3n) is 6.82. The van der Waals surface area contributed by atoms with Gasteiger partial charge in [-0.3, -0.25) is 24.7 Å². The number of carbonyl (C=O) groups is 2. The second kappa shape index (κ2) is 10.5. The number of anilines is 1. The summed E-state index contributed by atoms with van der Waals surface area (Å²) in [6.45, 7) is 1.56. The molecule has 0 spiro atoms. The molecule has 0 bridgehead atoms. The third kappa shape index (κ3) is 4.82. The lowest BCUT2D eigenvalue weighted by molar-refractivity contribution is -0.115. The lowest BCUT2D eigenvalue weighted by Crippen LogP contribution is -2.14. The molecule has 0 saturated carbocycles. The average Bonchev–Trinajstić information content (AvgIpc) is 3.75. The van der Waals surface area contributed by atoms with Crippen LogP contribution in [0.15, 0.2) is 85.6 Å². The predicted octanol–water partition coefficient (Wildman–Crippen LogP) is 6.07. The van der Waals surface area contributed by atoms with Crippen molar-refractivity contribution in [1.29, 1.82) is 0 Å². The van der Waals surface area contributed by atoms with E-state index in [-0.39, 0.29) is 18.1 Å². The molecule has 3 N–H and O–H groups in total. The van der Waals surface area contributed by atoms with Crippen molar-refractivity contribution < 1.29 is 9.59 Å². The van der Waals surface area contributed by atoms with E-state index in [1.165, 1.54) is 11.3 Å². The molecule has 0 radical (unpaired) electrons. The molecule has 7 aromatic rings. The Hall–Kier alpha value is -5.55. The fourth-order valence-corrected chi connectivity index (χ4v) is 5.70. The minimum Gasteiger partial charge on any atom is -0.335 e. The van der Waals surface area contributed by atoms with Crippen LogP contribution in [0.5, 0.6) is 0 Å². The highest BCUT2D eigenvalue weighted by atomic mass is 32.1. The maximum Gasteiger partial charge on any atom is 0.228 e. The van der Waals surface area contributed by atoms with Gasteiger partial charge in [-0.1, -0.05) is 30.3 Å². The number of amides is 1.